The van der Waals surface area contributed by atoms with Crippen LogP contribution < -0.4 is 15.4 Å². The van der Waals surface area contributed by atoms with E-state index in [-0.39, 0.29) is 35.0 Å². The van der Waals surface area contributed by atoms with Crippen LogP contribution in [0.4, 0.5) is 0 Å². The standard InChI is InChI=1S/C34H48N2O5/c1-33(2,3)26-14-16-27(17-15-26)41-28-13-9-12-25(20-28)21-29(36-30(37)22-24-10-7-8-11-24)32(39)35-23-34(4,5)19-18-31(38)40-6/h9,12-17,20,24,29H,7-8,10-11,18-19,21-23H2,1-6H3,(H,35,39)(H,36,37). The zero-order chi connectivity index (χ0) is 30.0. The van der Waals surface area contributed by atoms with Crippen LogP contribution in [0.5, 0.6) is 11.5 Å². The maximum Gasteiger partial charge on any atom is 0.305 e. The van der Waals surface area contributed by atoms with E-state index in [9.17, 15) is 14.4 Å². The van der Waals surface area contributed by atoms with E-state index in [0.29, 0.717) is 37.5 Å². The van der Waals surface area contributed by atoms with Crippen LogP contribution in [0.2, 0.25) is 0 Å². The third-order valence-corrected chi connectivity index (χ3v) is 7.87. The Balaban J connectivity index is 1.69. The molecule has 0 aromatic heterocycles. The Morgan fingerprint density at radius 1 is 0.951 bits per heavy atom. The van der Waals surface area contributed by atoms with Gasteiger partial charge in [-0.2, -0.15) is 0 Å². The van der Waals surface area contributed by atoms with Crippen molar-refractivity contribution in [3.8, 4) is 11.5 Å². The molecule has 2 amide bonds. The Kier molecular flexibility index (Phi) is 11.4. The molecule has 1 saturated carbocycles. The molecule has 1 aliphatic carbocycles. The first-order valence-electron chi connectivity index (χ1n) is 14.9. The molecule has 1 unspecified atom stereocenters. The largest absolute Gasteiger partial charge is 0.469 e. The summed E-state index contributed by atoms with van der Waals surface area (Å²) in [7, 11) is 1.37. The lowest BCUT2D eigenvalue weighted by atomic mass is 9.87. The topological polar surface area (TPSA) is 93.7 Å². The number of carbonyl (C=O) groups is 3. The van der Waals surface area contributed by atoms with E-state index in [1.807, 2.05) is 50.2 Å². The van der Waals surface area contributed by atoms with Gasteiger partial charge in [-0.1, -0.05) is 71.7 Å². The van der Waals surface area contributed by atoms with Crippen LogP contribution in [0.25, 0.3) is 0 Å². The third kappa shape index (κ3) is 10.9. The summed E-state index contributed by atoms with van der Waals surface area (Å²) < 4.78 is 10.9. The molecule has 1 fully saturated rings. The highest BCUT2D eigenvalue weighted by atomic mass is 16.5. The van der Waals surface area contributed by atoms with Gasteiger partial charge in [0.25, 0.3) is 0 Å². The molecule has 3 rings (SSSR count). The van der Waals surface area contributed by atoms with E-state index in [0.717, 1.165) is 37.0 Å². The van der Waals surface area contributed by atoms with Crippen LogP contribution in [0.3, 0.4) is 0 Å². The predicted octanol–water partition coefficient (Wildman–Crippen LogP) is 6.48. The number of amides is 2. The van der Waals surface area contributed by atoms with Gasteiger partial charge >= 0.3 is 5.97 Å². The minimum absolute atomic E-state index is 0.0623. The zero-order valence-corrected chi connectivity index (χ0v) is 25.7. The highest BCUT2D eigenvalue weighted by Gasteiger charge is 2.27. The van der Waals surface area contributed by atoms with Gasteiger partial charge in [-0.05, 0) is 71.4 Å². The Morgan fingerprint density at radius 3 is 2.27 bits per heavy atom. The van der Waals surface area contributed by atoms with Crippen LogP contribution in [0.15, 0.2) is 48.5 Å². The van der Waals surface area contributed by atoms with Gasteiger partial charge in [0, 0.05) is 25.8 Å². The van der Waals surface area contributed by atoms with Crippen molar-refractivity contribution < 1.29 is 23.9 Å². The molecular formula is C34H48N2O5. The number of hydrogen-bond acceptors (Lipinski definition) is 5. The molecule has 41 heavy (non-hydrogen) atoms. The van der Waals surface area contributed by atoms with Crippen LogP contribution >= 0.6 is 0 Å². The first-order valence-corrected chi connectivity index (χ1v) is 14.9. The van der Waals surface area contributed by atoms with Gasteiger partial charge in [0.15, 0.2) is 0 Å². The summed E-state index contributed by atoms with van der Waals surface area (Å²) in [5, 5.41) is 6.03. The second-order valence-electron chi connectivity index (χ2n) is 13.2. The van der Waals surface area contributed by atoms with Gasteiger partial charge in [0.1, 0.15) is 17.5 Å². The average molecular weight is 565 g/mol. The molecule has 0 bridgehead atoms. The van der Waals surface area contributed by atoms with Gasteiger partial charge < -0.3 is 20.1 Å². The zero-order valence-electron chi connectivity index (χ0n) is 25.7. The maximum absolute atomic E-state index is 13.4. The molecule has 0 radical (unpaired) electrons. The molecule has 2 aromatic rings. The van der Waals surface area contributed by atoms with E-state index in [4.69, 9.17) is 9.47 Å². The van der Waals surface area contributed by atoms with Gasteiger partial charge in [0.05, 0.1) is 7.11 Å². The van der Waals surface area contributed by atoms with Crippen LogP contribution in [-0.2, 0) is 31.0 Å². The first kappa shape index (κ1) is 32.2. The van der Waals surface area contributed by atoms with Gasteiger partial charge in [0.2, 0.25) is 11.8 Å². The Morgan fingerprint density at radius 2 is 1.63 bits per heavy atom. The summed E-state index contributed by atoms with van der Waals surface area (Å²) in [6.07, 6.45) is 6.10. The number of ether oxygens (including phenoxy) is 2. The smallest absolute Gasteiger partial charge is 0.305 e. The second-order valence-corrected chi connectivity index (χ2v) is 13.2. The Bertz CT molecular complexity index is 1160. The number of hydrogen-bond donors (Lipinski definition) is 2. The van der Waals surface area contributed by atoms with Crippen molar-refractivity contribution in [2.75, 3.05) is 13.7 Å². The molecule has 7 nitrogen and oxygen atoms in total. The fraction of sp³-hybridized carbons (Fsp3) is 0.559. The minimum Gasteiger partial charge on any atom is -0.469 e. The maximum atomic E-state index is 13.4. The molecule has 1 aliphatic rings. The predicted molar refractivity (Wildman–Crippen MR) is 162 cm³/mol. The van der Waals surface area contributed by atoms with Crippen molar-refractivity contribution in [2.45, 2.75) is 97.4 Å². The van der Waals surface area contributed by atoms with Gasteiger partial charge in [-0.3, -0.25) is 14.4 Å². The monoisotopic (exact) mass is 564 g/mol. The van der Waals surface area contributed by atoms with Crippen LogP contribution in [0, 0.1) is 11.3 Å². The van der Waals surface area contributed by atoms with E-state index < -0.39 is 6.04 Å². The van der Waals surface area contributed by atoms with Crippen molar-refractivity contribution in [2.24, 2.45) is 11.3 Å². The molecule has 0 aliphatic heterocycles. The first-order chi connectivity index (χ1) is 19.3. The van der Waals surface area contributed by atoms with Crippen molar-refractivity contribution in [3.63, 3.8) is 0 Å². The number of esters is 1. The van der Waals surface area contributed by atoms with E-state index in [1.165, 1.54) is 12.7 Å². The van der Waals surface area contributed by atoms with E-state index in [2.05, 4.69) is 43.5 Å². The quantitative estimate of drug-likeness (QED) is 0.272. The second kappa shape index (κ2) is 14.5. The van der Waals surface area contributed by atoms with Crippen molar-refractivity contribution >= 4 is 17.8 Å². The lowest BCUT2D eigenvalue weighted by Gasteiger charge is -2.26. The summed E-state index contributed by atoms with van der Waals surface area (Å²) in [6, 6.07) is 15.0. The van der Waals surface area contributed by atoms with Gasteiger partial charge in [-0.25, -0.2) is 0 Å². The molecular weight excluding hydrogens is 516 g/mol. The van der Waals surface area contributed by atoms with Crippen LogP contribution in [0.1, 0.15) is 90.7 Å². The molecule has 2 aromatic carbocycles. The summed E-state index contributed by atoms with van der Waals surface area (Å²) >= 11 is 0. The summed E-state index contributed by atoms with van der Waals surface area (Å²) in [4.78, 5) is 38.0. The van der Waals surface area contributed by atoms with Gasteiger partial charge in [-0.15, -0.1) is 0 Å². The van der Waals surface area contributed by atoms with E-state index in [1.54, 1.807) is 0 Å². The number of methoxy groups -OCH3 is 1. The van der Waals surface area contributed by atoms with Crippen molar-refractivity contribution in [3.05, 3.63) is 59.7 Å². The summed E-state index contributed by atoms with van der Waals surface area (Å²) in [6.45, 7) is 10.9. The molecule has 7 heteroatoms. The van der Waals surface area contributed by atoms with Crippen molar-refractivity contribution in [1.82, 2.24) is 10.6 Å². The highest BCUT2D eigenvalue weighted by Crippen LogP contribution is 2.29. The fourth-order valence-corrected chi connectivity index (χ4v) is 5.15. The highest BCUT2D eigenvalue weighted by molar-refractivity contribution is 5.88. The number of carbonyl (C=O) groups excluding carboxylic acids is 3. The van der Waals surface area contributed by atoms with Crippen LogP contribution in [-0.4, -0.2) is 37.5 Å². The summed E-state index contributed by atoms with van der Waals surface area (Å²) in [5.74, 6) is 1.20. The fourth-order valence-electron chi connectivity index (χ4n) is 5.15. The Hall–Kier alpha value is -3.35. The molecule has 224 valence electrons. The molecule has 0 heterocycles. The molecule has 0 saturated heterocycles. The lowest BCUT2D eigenvalue weighted by Crippen LogP contribution is -2.50. The lowest BCUT2D eigenvalue weighted by molar-refractivity contribution is -0.141. The number of nitrogens with one attached hydrogen (secondary N) is 2. The SMILES string of the molecule is COC(=O)CCC(C)(C)CNC(=O)C(Cc1cccc(Oc2ccc(C(C)(C)C)cc2)c1)NC(=O)CC1CCCC1. The average Bonchev–Trinajstić information content (AvgIpc) is 3.43. The van der Waals surface area contributed by atoms with Crippen molar-refractivity contribution in [1.29, 1.82) is 0 Å². The van der Waals surface area contributed by atoms with E-state index >= 15 is 0 Å². The number of rotatable bonds is 13. The minimum atomic E-state index is -0.721. The summed E-state index contributed by atoms with van der Waals surface area (Å²) in [5.41, 5.74) is 1.88. The normalized spacial score (nSPS) is 14.8. The third-order valence-electron chi connectivity index (χ3n) is 7.87. The number of benzene rings is 2. The molecule has 2 N–H and O–H groups in total. The molecule has 0 spiro atoms. The molecule has 1 atom stereocenters. The Labute approximate surface area is 245 Å².